The van der Waals surface area contributed by atoms with E-state index in [1.165, 1.54) is 6.08 Å². The molecule has 0 spiro atoms. The van der Waals surface area contributed by atoms with Gasteiger partial charge in [0.25, 0.3) is 11.5 Å². The predicted octanol–water partition coefficient (Wildman–Crippen LogP) is 5.40. The van der Waals surface area contributed by atoms with E-state index in [9.17, 15) is 14.4 Å². The second-order valence-electron chi connectivity index (χ2n) is 11.2. The average molecular weight is 559 g/mol. The maximum absolute atomic E-state index is 13.5. The van der Waals surface area contributed by atoms with Gasteiger partial charge in [0.15, 0.2) is 0 Å². The normalized spacial score (nSPS) is 17.5. The Morgan fingerprint density at radius 3 is 2.45 bits per heavy atom. The fourth-order valence-corrected chi connectivity index (χ4v) is 6.20. The van der Waals surface area contributed by atoms with E-state index in [0.717, 1.165) is 42.0 Å². The molecule has 0 saturated carbocycles. The van der Waals surface area contributed by atoms with E-state index in [-0.39, 0.29) is 23.3 Å². The maximum atomic E-state index is 13.5. The highest BCUT2D eigenvalue weighted by Gasteiger charge is 2.35. The van der Waals surface area contributed by atoms with Crippen LogP contribution in [-0.2, 0) is 17.9 Å². The van der Waals surface area contributed by atoms with Crippen molar-refractivity contribution in [2.75, 3.05) is 30.4 Å². The smallest absolute Gasteiger partial charge is 0.253 e. The number of rotatable bonds is 7. The number of hydrogen-bond acceptors (Lipinski definition) is 4. The maximum Gasteiger partial charge on any atom is 0.253 e. The van der Waals surface area contributed by atoms with Gasteiger partial charge in [0, 0.05) is 62.5 Å². The van der Waals surface area contributed by atoms with Crippen LogP contribution in [0.4, 0.5) is 11.4 Å². The molecule has 2 bridgehead atoms. The monoisotopic (exact) mass is 558 g/mol. The summed E-state index contributed by atoms with van der Waals surface area (Å²) in [6.07, 6.45) is 4.32. The van der Waals surface area contributed by atoms with E-state index < -0.39 is 0 Å². The number of aromatic nitrogens is 1. The van der Waals surface area contributed by atoms with E-state index in [0.29, 0.717) is 30.3 Å². The van der Waals surface area contributed by atoms with Crippen molar-refractivity contribution < 1.29 is 9.59 Å². The lowest BCUT2D eigenvalue weighted by molar-refractivity contribution is -0.111. The molecule has 0 radical (unpaired) electrons. The third-order valence-corrected chi connectivity index (χ3v) is 8.16. The Morgan fingerprint density at radius 2 is 1.67 bits per heavy atom. The largest absolute Gasteiger partial charge is 0.369 e. The standard InChI is InChI=1S/C35H34N4O3/c1-37(21-26-11-6-3-7-12-26)35(42)28-16-17-32(30(20-28)36-33(40)18-15-25-9-4-2-5-10-25)38-22-27-19-29(24-38)31-13-8-14-34(41)39(31)23-27/h2-18,20,27,29H,19,21-24H2,1H3,(H,36,40)/b18-15+. The summed E-state index contributed by atoms with van der Waals surface area (Å²) < 4.78 is 1.91. The summed E-state index contributed by atoms with van der Waals surface area (Å²) in [5, 5.41) is 3.06. The second-order valence-corrected chi connectivity index (χ2v) is 11.2. The van der Waals surface area contributed by atoms with Crippen molar-refractivity contribution in [2.45, 2.75) is 25.4 Å². The Bertz CT molecular complexity index is 1680. The lowest BCUT2D eigenvalue weighted by Crippen LogP contribution is -2.47. The molecule has 2 atom stereocenters. The zero-order valence-corrected chi connectivity index (χ0v) is 23.6. The van der Waals surface area contributed by atoms with E-state index in [2.05, 4.69) is 10.2 Å². The van der Waals surface area contributed by atoms with Crippen molar-refractivity contribution >= 4 is 29.3 Å². The number of hydrogen-bond donors (Lipinski definition) is 1. The zero-order chi connectivity index (χ0) is 29.1. The zero-order valence-electron chi connectivity index (χ0n) is 23.6. The number of fused-ring (bicyclic) bond motifs is 4. The van der Waals surface area contributed by atoms with Gasteiger partial charge < -0.3 is 19.7 Å². The molecule has 7 heteroatoms. The van der Waals surface area contributed by atoms with Gasteiger partial charge in [-0.1, -0.05) is 66.7 Å². The summed E-state index contributed by atoms with van der Waals surface area (Å²) in [5.41, 5.74) is 5.07. The van der Waals surface area contributed by atoms with Crippen LogP contribution in [0.1, 0.15) is 39.5 Å². The molecule has 1 N–H and O–H groups in total. The molecular weight excluding hydrogens is 524 g/mol. The first-order valence-corrected chi connectivity index (χ1v) is 14.4. The number of carbonyl (C=O) groups excluding carboxylic acids is 2. The number of benzene rings is 3. The molecular formula is C35H34N4O3. The number of carbonyl (C=O) groups is 2. The molecule has 42 heavy (non-hydrogen) atoms. The van der Waals surface area contributed by atoms with E-state index in [1.54, 1.807) is 30.2 Å². The van der Waals surface area contributed by atoms with Crippen molar-refractivity contribution in [2.24, 2.45) is 5.92 Å². The third kappa shape index (κ3) is 5.91. The Labute approximate surface area is 245 Å². The fraction of sp³-hybridized carbons (Fsp3) is 0.229. The third-order valence-electron chi connectivity index (χ3n) is 8.16. The minimum absolute atomic E-state index is 0.0521. The van der Waals surface area contributed by atoms with Crippen molar-refractivity contribution in [3.05, 3.63) is 136 Å². The molecule has 1 aromatic heterocycles. The topological polar surface area (TPSA) is 74.7 Å². The Hall–Kier alpha value is -4.91. The first-order chi connectivity index (χ1) is 20.4. The number of amides is 2. The summed E-state index contributed by atoms with van der Waals surface area (Å²) in [7, 11) is 1.79. The molecule has 7 nitrogen and oxygen atoms in total. The summed E-state index contributed by atoms with van der Waals surface area (Å²) in [6.45, 7) is 2.66. The van der Waals surface area contributed by atoms with Gasteiger partial charge in [-0.05, 0) is 53.8 Å². The molecule has 2 aliphatic rings. The van der Waals surface area contributed by atoms with Gasteiger partial charge in [-0.25, -0.2) is 0 Å². The van der Waals surface area contributed by atoms with Crippen molar-refractivity contribution in [3.63, 3.8) is 0 Å². The highest BCUT2D eigenvalue weighted by Crippen LogP contribution is 2.39. The minimum Gasteiger partial charge on any atom is -0.369 e. The van der Waals surface area contributed by atoms with Crippen LogP contribution in [0.3, 0.4) is 0 Å². The van der Waals surface area contributed by atoms with Gasteiger partial charge >= 0.3 is 0 Å². The second kappa shape index (κ2) is 11.9. The van der Waals surface area contributed by atoms with Gasteiger partial charge in [-0.2, -0.15) is 0 Å². The summed E-state index contributed by atoms with van der Waals surface area (Å²) in [5.74, 6) is 0.142. The molecule has 3 heterocycles. The van der Waals surface area contributed by atoms with Gasteiger partial charge in [-0.3, -0.25) is 14.4 Å². The van der Waals surface area contributed by atoms with Gasteiger partial charge in [0.2, 0.25) is 5.91 Å². The van der Waals surface area contributed by atoms with E-state index in [1.807, 2.05) is 89.5 Å². The summed E-state index contributed by atoms with van der Waals surface area (Å²) in [6, 6.07) is 30.6. The summed E-state index contributed by atoms with van der Waals surface area (Å²) in [4.78, 5) is 43.1. The van der Waals surface area contributed by atoms with Crippen molar-refractivity contribution in [1.82, 2.24) is 9.47 Å². The molecule has 1 fully saturated rings. The molecule has 6 rings (SSSR count). The summed E-state index contributed by atoms with van der Waals surface area (Å²) >= 11 is 0. The quantitative estimate of drug-likeness (QED) is 0.309. The van der Waals surface area contributed by atoms with Crippen molar-refractivity contribution in [3.8, 4) is 0 Å². The predicted molar refractivity (Wildman–Crippen MR) is 167 cm³/mol. The Balaban J connectivity index is 1.29. The van der Waals surface area contributed by atoms with Crippen LogP contribution < -0.4 is 15.8 Å². The van der Waals surface area contributed by atoms with Crippen LogP contribution in [0.5, 0.6) is 0 Å². The highest BCUT2D eigenvalue weighted by molar-refractivity contribution is 6.05. The minimum atomic E-state index is -0.267. The Kier molecular flexibility index (Phi) is 7.73. The average Bonchev–Trinajstić information content (AvgIpc) is 3.01. The number of nitrogens with zero attached hydrogens (tertiary/aromatic N) is 3. The van der Waals surface area contributed by atoms with Crippen LogP contribution >= 0.6 is 0 Å². The number of nitrogens with one attached hydrogen (secondary N) is 1. The van der Waals surface area contributed by atoms with Gasteiger partial charge in [0.05, 0.1) is 11.4 Å². The Morgan fingerprint density at radius 1 is 0.905 bits per heavy atom. The molecule has 1 saturated heterocycles. The van der Waals surface area contributed by atoms with Crippen LogP contribution in [-0.4, -0.2) is 41.4 Å². The number of pyridine rings is 1. The van der Waals surface area contributed by atoms with Gasteiger partial charge in [0.1, 0.15) is 0 Å². The molecule has 3 aromatic carbocycles. The lowest BCUT2D eigenvalue weighted by Gasteiger charge is -2.44. The fourth-order valence-electron chi connectivity index (χ4n) is 6.20. The van der Waals surface area contributed by atoms with Crippen LogP contribution in [0.15, 0.2) is 108 Å². The number of piperidine rings is 1. The SMILES string of the molecule is CN(Cc1ccccc1)C(=O)c1ccc(N2CC3CC(C2)c2cccc(=O)n2C3)c(NC(=O)/C=C/c2ccccc2)c1. The van der Waals surface area contributed by atoms with Crippen LogP contribution in [0.25, 0.3) is 6.08 Å². The van der Waals surface area contributed by atoms with E-state index in [4.69, 9.17) is 0 Å². The molecule has 212 valence electrons. The van der Waals surface area contributed by atoms with Crippen LogP contribution in [0.2, 0.25) is 0 Å². The molecule has 2 unspecified atom stereocenters. The first kappa shape index (κ1) is 27.3. The molecule has 4 aromatic rings. The van der Waals surface area contributed by atoms with E-state index >= 15 is 0 Å². The highest BCUT2D eigenvalue weighted by atomic mass is 16.2. The van der Waals surface area contributed by atoms with Crippen molar-refractivity contribution in [1.29, 1.82) is 0 Å². The molecule has 2 aliphatic heterocycles. The first-order valence-electron chi connectivity index (χ1n) is 14.4. The lowest BCUT2D eigenvalue weighted by atomic mass is 9.83. The van der Waals surface area contributed by atoms with Gasteiger partial charge in [-0.15, -0.1) is 0 Å². The molecule has 0 aliphatic carbocycles. The van der Waals surface area contributed by atoms with Crippen LogP contribution in [0, 0.1) is 5.92 Å². The molecule has 2 amide bonds. The number of anilines is 2.